The fourth-order valence-corrected chi connectivity index (χ4v) is 3.93. The molecule has 148 valence electrons. The predicted molar refractivity (Wildman–Crippen MR) is 123 cm³/mol. The highest BCUT2D eigenvalue weighted by Gasteiger charge is 2.18. The third-order valence-electron chi connectivity index (χ3n) is 5.32. The minimum absolute atomic E-state index is 0.220. The Bertz CT molecular complexity index is 1310. The summed E-state index contributed by atoms with van der Waals surface area (Å²) in [6, 6.07) is 26.9. The van der Waals surface area contributed by atoms with Crippen LogP contribution in [0.1, 0.15) is 19.9 Å². The van der Waals surface area contributed by atoms with Gasteiger partial charge in [0.05, 0.1) is 22.4 Å². The van der Waals surface area contributed by atoms with E-state index in [4.69, 9.17) is 10.7 Å². The maximum Gasteiger partial charge on any atom is 0.201 e. The summed E-state index contributed by atoms with van der Waals surface area (Å²) in [6.07, 6.45) is 0. The lowest BCUT2D eigenvalue weighted by atomic mass is 10.0. The van der Waals surface area contributed by atoms with Crippen molar-refractivity contribution in [3.63, 3.8) is 0 Å². The standard InChI is InChI=1S/C25H23N5/c1-16(2)30-21-15-19(13-14-20(21)27-25(30)26)23-22(17-9-5-3-6-10-17)28-24(29-23)18-11-7-4-8-12-18/h3-16H,1-2H3,(H2,26,27)(H,28,29). The Hall–Kier alpha value is -3.86. The van der Waals surface area contributed by atoms with E-state index in [0.29, 0.717) is 5.95 Å². The van der Waals surface area contributed by atoms with Crippen LogP contribution in [0.5, 0.6) is 0 Å². The van der Waals surface area contributed by atoms with Crippen LogP contribution < -0.4 is 5.73 Å². The Balaban J connectivity index is 1.73. The summed E-state index contributed by atoms with van der Waals surface area (Å²) in [7, 11) is 0. The van der Waals surface area contributed by atoms with Gasteiger partial charge in [-0.05, 0) is 26.0 Å². The molecule has 0 bridgehead atoms. The van der Waals surface area contributed by atoms with E-state index < -0.39 is 0 Å². The molecule has 0 spiro atoms. The van der Waals surface area contributed by atoms with Crippen LogP contribution in [0.3, 0.4) is 0 Å². The van der Waals surface area contributed by atoms with E-state index in [9.17, 15) is 0 Å². The van der Waals surface area contributed by atoms with E-state index in [2.05, 4.69) is 64.8 Å². The number of rotatable bonds is 4. The van der Waals surface area contributed by atoms with E-state index >= 15 is 0 Å². The molecule has 30 heavy (non-hydrogen) atoms. The van der Waals surface area contributed by atoms with E-state index in [1.807, 2.05) is 42.5 Å². The summed E-state index contributed by atoms with van der Waals surface area (Å²) < 4.78 is 2.06. The van der Waals surface area contributed by atoms with Gasteiger partial charge in [-0.3, -0.25) is 0 Å². The zero-order valence-electron chi connectivity index (χ0n) is 17.0. The maximum absolute atomic E-state index is 6.17. The lowest BCUT2D eigenvalue weighted by molar-refractivity contribution is 0.627. The first kappa shape index (κ1) is 18.2. The number of aromatic nitrogens is 4. The van der Waals surface area contributed by atoms with Gasteiger partial charge in [-0.25, -0.2) is 9.97 Å². The predicted octanol–water partition coefficient (Wildman–Crippen LogP) is 5.92. The highest BCUT2D eigenvalue weighted by molar-refractivity contribution is 5.88. The van der Waals surface area contributed by atoms with Crippen LogP contribution in [0, 0.1) is 0 Å². The summed E-state index contributed by atoms with van der Waals surface area (Å²) in [4.78, 5) is 13.1. The van der Waals surface area contributed by atoms with Gasteiger partial charge in [0.15, 0.2) is 0 Å². The Morgan fingerprint density at radius 2 is 1.47 bits per heavy atom. The molecule has 0 aliphatic heterocycles. The van der Waals surface area contributed by atoms with Crippen LogP contribution in [0.25, 0.3) is 44.9 Å². The van der Waals surface area contributed by atoms with Gasteiger partial charge >= 0.3 is 0 Å². The summed E-state index contributed by atoms with van der Waals surface area (Å²) in [5.74, 6) is 1.38. The van der Waals surface area contributed by atoms with Gasteiger partial charge in [0, 0.05) is 22.7 Å². The molecule has 3 N–H and O–H groups in total. The average Bonchev–Trinajstić information content (AvgIpc) is 3.35. The van der Waals surface area contributed by atoms with Crippen LogP contribution in [-0.4, -0.2) is 19.5 Å². The number of hydrogen-bond donors (Lipinski definition) is 2. The van der Waals surface area contributed by atoms with Crippen LogP contribution in [0.4, 0.5) is 5.95 Å². The van der Waals surface area contributed by atoms with Crippen molar-refractivity contribution < 1.29 is 0 Å². The van der Waals surface area contributed by atoms with Gasteiger partial charge in [-0.15, -0.1) is 0 Å². The summed E-state index contributed by atoms with van der Waals surface area (Å²) >= 11 is 0. The van der Waals surface area contributed by atoms with Gasteiger partial charge in [-0.1, -0.05) is 66.7 Å². The first-order valence-electron chi connectivity index (χ1n) is 10.1. The molecule has 0 aliphatic carbocycles. The molecule has 2 aromatic heterocycles. The van der Waals surface area contributed by atoms with Crippen molar-refractivity contribution in [2.24, 2.45) is 0 Å². The van der Waals surface area contributed by atoms with E-state index in [-0.39, 0.29) is 6.04 Å². The summed E-state index contributed by atoms with van der Waals surface area (Å²) in [5.41, 5.74) is 13.2. The molecule has 0 atom stereocenters. The quantitative estimate of drug-likeness (QED) is 0.398. The maximum atomic E-state index is 6.17. The molecule has 0 radical (unpaired) electrons. The molecule has 0 saturated carbocycles. The molecule has 5 rings (SSSR count). The number of anilines is 1. The molecule has 0 unspecified atom stereocenters. The number of nitrogen functional groups attached to an aromatic ring is 1. The molecule has 0 fully saturated rings. The number of benzene rings is 3. The number of imidazole rings is 2. The molecule has 5 nitrogen and oxygen atoms in total. The Kier molecular flexibility index (Phi) is 4.36. The van der Waals surface area contributed by atoms with Gasteiger partial charge < -0.3 is 15.3 Å². The zero-order chi connectivity index (χ0) is 20.7. The lowest BCUT2D eigenvalue weighted by Gasteiger charge is -2.11. The molecule has 0 aliphatic rings. The third kappa shape index (κ3) is 3.05. The minimum atomic E-state index is 0.220. The zero-order valence-corrected chi connectivity index (χ0v) is 17.0. The Labute approximate surface area is 175 Å². The molecule has 0 saturated heterocycles. The van der Waals surface area contributed by atoms with Crippen LogP contribution in [0.15, 0.2) is 78.9 Å². The van der Waals surface area contributed by atoms with Crippen molar-refractivity contribution >= 4 is 17.0 Å². The first-order valence-corrected chi connectivity index (χ1v) is 10.1. The van der Waals surface area contributed by atoms with Gasteiger partial charge in [-0.2, -0.15) is 0 Å². The lowest BCUT2D eigenvalue weighted by Crippen LogP contribution is -2.05. The number of nitrogens with zero attached hydrogens (tertiary/aromatic N) is 3. The second-order valence-corrected chi connectivity index (χ2v) is 7.68. The number of aromatic amines is 1. The van der Waals surface area contributed by atoms with Crippen molar-refractivity contribution in [2.45, 2.75) is 19.9 Å². The largest absolute Gasteiger partial charge is 0.369 e. The fourth-order valence-electron chi connectivity index (χ4n) is 3.93. The van der Waals surface area contributed by atoms with Crippen LogP contribution in [0.2, 0.25) is 0 Å². The van der Waals surface area contributed by atoms with Crippen LogP contribution in [-0.2, 0) is 0 Å². The highest BCUT2D eigenvalue weighted by atomic mass is 15.2. The van der Waals surface area contributed by atoms with Crippen molar-refractivity contribution in [3.05, 3.63) is 78.9 Å². The second kappa shape index (κ2) is 7.19. The Morgan fingerprint density at radius 1 is 0.800 bits per heavy atom. The number of fused-ring (bicyclic) bond motifs is 1. The molecule has 0 amide bonds. The van der Waals surface area contributed by atoms with Gasteiger partial charge in [0.2, 0.25) is 5.95 Å². The number of hydrogen-bond acceptors (Lipinski definition) is 3. The smallest absolute Gasteiger partial charge is 0.201 e. The highest BCUT2D eigenvalue weighted by Crippen LogP contribution is 2.35. The Morgan fingerprint density at radius 3 is 2.13 bits per heavy atom. The van der Waals surface area contributed by atoms with Gasteiger partial charge in [0.25, 0.3) is 0 Å². The van der Waals surface area contributed by atoms with E-state index in [1.165, 1.54) is 0 Å². The van der Waals surface area contributed by atoms with Crippen molar-refractivity contribution in [3.8, 4) is 33.9 Å². The molecule has 3 aromatic carbocycles. The van der Waals surface area contributed by atoms with Crippen molar-refractivity contribution in [1.82, 2.24) is 19.5 Å². The van der Waals surface area contributed by atoms with Crippen LogP contribution >= 0.6 is 0 Å². The third-order valence-corrected chi connectivity index (χ3v) is 5.32. The second-order valence-electron chi connectivity index (χ2n) is 7.68. The molecule has 5 heteroatoms. The monoisotopic (exact) mass is 393 g/mol. The number of nitrogens with one attached hydrogen (secondary N) is 1. The van der Waals surface area contributed by atoms with E-state index in [0.717, 1.165) is 44.9 Å². The topological polar surface area (TPSA) is 72.5 Å². The average molecular weight is 393 g/mol. The first-order chi connectivity index (χ1) is 14.6. The summed E-state index contributed by atoms with van der Waals surface area (Å²) in [5, 5.41) is 0. The van der Waals surface area contributed by atoms with Crippen molar-refractivity contribution in [2.75, 3.05) is 5.73 Å². The minimum Gasteiger partial charge on any atom is -0.369 e. The molecule has 2 heterocycles. The normalized spacial score (nSPS) is 11.4. The SMILES string of the molecule is CC(C)n1c(N)nc2ccc(-c3nc(-c4ccccc4)[nH]c3-c3ccccc3)cc21. The molecular formula is C25H23N5. The number of H-pyrrole nitrogens is 1. The fraction of sp³-hybridized carbons (Fsp3) is 0.120. The van der Waals surface area contributed by atoms with Gasteiger partial charge in [0.1, 0.15) is 5.82 Å². The van der Waals surface area contributed by atoms with E-state index in [1.54, 1.807) is 0 Å². The summed E-state index contributed by atoms with van der Waals surface area (Å²) in [6.45, 7) is 4.23. The number of nitrogens with two attached hydrogens (primary N) is 1. The van der Waals surface area contributed by atoms with Crippen molar-refractivity contribution in [1.29, 1.82) is 0 Å². The molecular weight excluding hydrogens is 370 g/mol. The molecule has 5 aromatic rings.